The number of hydrogen-bond acceptors (Lipinski definition) is 4. The Morgan fingerprint density at radius 1 is 1.33 bits per heavy atom. The second-order valence-electron chi connectivity index (χ2n) is 5.55. The maximum absolute atomic E-state index is 5.35. The zero-order valence-corrected chi connectivity index (χ0v) is 14.6. The smallest absolute Gasteiger partial charge is 0.192 e. The fourth-order valence-corrected chi connectivity index (χ4v) is 2.73. The summed E-state index contributed by atoms with van der Waals surface area (Å²) in [5.41, 5.74) is 1.10. The van der Waals surface area contributed by atoms with E-state index in [0.29, 0.717) is 12.6 Å². The van der Waals surface area contributed by atoms with Crippen LogP contribution in [0.4, 0.5) is 5.69 Å². The first-order chi connectivity index (χ1) is 11.7. The Balaban J connectivity index is 2.03. The molecular formula is C18H26N4O2. The lowest BCUT2D eigenvalue weighted by atomic mass is 10.2. The number of nitrogens with one attached hydrogen (secondary N) is 2. The average molecular weight is 330 g/mol. The third kappa shape index (κ3) is 4.72. The fraction of sp³-hybridized carbons (Fsp3) is 0.500. The van der Waals surface area contributed by atoms with Gasteiger partial charge in [-0.25, -0.2) is 4.99 Å². The number of benzene rings is 1. The van der Waals surface area contributed by atoms with E-state index in [9.17, 15) is 0 Å². The third-order valence-electron chi connectivity index (χ3n) is 3.90. The van der Waals surface area contributed by atoms with E-state index in [1.807, 2.05) is 25.1 Å². The van der Waals surface area contributed by atoms with Crippen LogP contribution in [0.3, 0.4) is 0 Å². The van der Waals surface area contributed by atoms with Gasteiger partial charge in [-0.05, 0) is 13.3 Å². The highest BCUT2D eigenvalue weighted by Gasteiger charge is 2.24. The Labute approximate surface area is 144 Å². The van der Waals surface area contributed by atoms with Gasteiger partial charge < -0.3 is 25.0 Å². The highest BCUT2D eigenvalue weighted by molar-refractivity contribution is 5.80. The van der Waals surface area contributed by atoms with Crippen molar-refractivity contribution < 1.29 is 9.47 Å². The van der Waals surface area contributed by atoms with Gasteiger partial charge in [-0.3, -0.25) is 0 Å². The Morgan fingerprint density at radius 2 is 2.04 bits per heavy atom. The molecule has 1 aromatic rings. The van der Waals surface area contributed by atoms with E-state index < -0.39 is 0 Å². The molecule has 1 saturated heterocycles. The first kappa shape index (κ1) is 17.8. The second-order valence-corrected chi connectivity index (χ2v) is 5.55. The molecular weight excluding hydrogens is 304 g/mol. The topological polar surface area (TPSA) is 58.1 Å². The van der Waals surface area contributed by atoms with Gasteiger partial charge in [-0.15, -0.1) is 6.42 Å². The number of rotatable bonds is 6. The summed E-state index contributed by atoms with van der Waals surface area (Å²) in [5.74, 6) is 4.90. The van der Waals surface area contributed by atoms with E-state index in [-0.39, 0.29) is 0 Å². The molecule has 0 aromatic heterocycles. The first-order valence-corrected chi connectivity index (χ1v) is 8.16. The van der Waals surface area contributed by atoms with Crippen molar-refractivity contribution in [3.8, 4) is 23.8 Å². The summed E-state index contributed by atoms with van der Waals surface area (Å²) in [6.45, 7) is 5.06. The van der Waals surface area contributed by atoms with Gasteiger partial charge in [-0.1, -0.05) is 5.92 Å². The molecule has 0 aliphatic carbocycles. The molecule has 1 aliphatic heterocycles. The third-order valence-corrected chi connectivity index (χ3v) is 3.90. The van der Waals surface area contributed by atoms with Crippen molar-refractivity contribution in [2.75, 3.05) is 45.3 Å². The van der Waals surface area contributed by atoms with Crippen LogP contribution in [-0.4, -0.2) is 52.4 Å². The molecule has 2 rings (SSSR count). The monoisotopic (exact) mass is 330 g/mol. The van der Waals surface area contributed by atoms with E-state index in [0.717, 1.165) is 49.2 Å². The maximum atomic E-state index is 5.35. The number of terminal acetylenes is 1. The van der Waals surface area contributed by atoms with Crippen LogP contribution in [-0.2, 0) is 0 Å². The van der Waals surface area contributed by atoms with E-state index in [4.69, 9.17) is 15.9 Å². The maximum Gasteiger partial charge on any atom is 0.192 e. The summed E-state index contributed by atoms with van der Waals surface area (Å²) in [6.07, 6.45) is 6.32. The highest BCUT2D eigenvalue weighted by Crippen LogP contribution is 2.30. The lowest BCUT2D eigenvalue weighted by molar-refractivity contribution is 0.394. The van der Waals surface area contributed by atoms with E-state index in [2.05, 4.69) is 26.4 Å². The highest BCUT2D eigenvalue weighted by atomic mass is 16.5. The number of guanidine groups is 1. The number of ether oxygens (including phenoxy) is 2. The van der Waals surface area contributed by atoms with Crippen LogP contribution in [0.2, 0.25) is 0 Å². The molecule has 1 atom stereocenters. The molecule has 0 saturated carbocycles. The fourth-order valence-electron chi connectivity index (χ4n) is 2.73. The molecule has 0 spiro atoms. The predicted octanol–water partition coefficient (Wildman–Crippen LogP) is 1.47. The van der Waals surface area contributed by atoms with Gasteiger partial charge in [0.15, 0.2) is 5.96 Å². The van der Waals surface area contributed by atoms with E-state index in [1.165, 1.54) is 0 Å². The molecule has 0 amide bonds. The molecule has 1 unspecified atom stereocenters. The molecule has 1 aromatic carbocycles. The lowest BCUT2D eigenvalue weighted by Gasteiger charge is -2.21. The Bertz CT molecular complexity index is 587. The van der Waals surface area contributed by atoms with Gasteiger partial charge in [0.1, 0.15) is 18.0 Å². The molecule has 0 bridgehead atoms. The van der Waals surface area contributed by atoms with Crippen LogP contribution < -0.4 is 25.0 Å². The van der Waals surface area contributed by atoms with Gasteiger partial charge in [0.25, 0.3) is 0 Å². The number of hydrogen-bond donors (Lipinski definition) is 2. The van der Waals surface area contributed by atoms with Crippen LogP contribution in [0.25, 0.3) is 0 Å². The Hall–Kier alpha value is -2.55. The molecule has 0 radical (unpaired) electrons. The van der Waals surface area contributed by atoms with Crippen LogP contribution >= 0.6 is 0 Å². The van der Waals surface area contributed by atoms with Crippen LogP contribution in [0.1, 0.15) is 13.3 Å². The van der Waals surface area contributed by atoms with Crippen molar-refractivity contribution in [1.82, 2.24) is 10.6 Å². The zero-order valence-electron chi connectivity index (χ0n) is 14.6. The molecule has 1 heterocycles. The molecule has 2 N–H and O–H groups in total. The number of aliphatic imine (C=N–C) groups is 1. The minimum atomic E-state index is 0.317. The molecule has 130 valence electrons. The van der Waals surface area contributed by atoms with Crippen molar-refractivity contribution in [3.05, 3.63) is 18.2 Å². The summed E-state index contributed by atoms with van der Waals surface area (Å²) in [4.78, 5) is 6.66. The van der Waals surface area contributed by atoms with Crippen molar-refractivity contribution in [1.29, 1.82) is 0 Å². The Kier molecular flexibility index (Phi) is 6.62. The molecule has 1 fully saturated rings. The Morgan fingerprint density at radius 3 is 2.62 bits per heavy atom. The zero-order chi connectivity index (χ0) is 17.4. The van der Waals surface area contributed by atoms with E-state index in [1.54, 1.807) is 14.2 Å². The van der Waals surface area contributed by atoms with Gasteiger partial charge in [0.05, 0.1) is 14.2 Å². The predicted molar refractivity (Wildman–Crippen MR) is 98.1 cm³/mol. The normalized spacial score (nSPS) is 17.3. The largest absolute Gasteiger partial charge is 0.497 e. The molecule has 6 nitrogen and oxygen atoms in total. The number of nitrogens with zero attached hydrogens (tertiary/aromatic N) is 2. The second kappa shape index (κ2) is 8.92. The summed E-state index contributed by atoms with van der Waals surface area (Å²) < 4.78 is 10.7. The van der Waals surface area contributed by atoms with Crippen LogP contribution in [0.5, 0.6) is 11.5 Å². The van der Waals surface area contributed by atoms with Crippen molar-refractivity contribution in [2.24, 2.45) is 4.99 Å². The van der Waals surface area contributed by atoms with Crippen molar-refractivity contribution in [3.63, 3.8) is 0 Å². The standard InChI is InChI=1S/C18H26N4O2/c1-5-8-20-18(19-6-2)21-14-7-9-22(13-14)15-10-16(23-3)12-17(11-15)24-4/h1,10-12,14H,6-9,13H2,2-4H3,(H2,19,20,21). The minimum absolute atomic E-state index is 0.317. The van der Waals surface area contributed by atoms with Gasteiger partial charge in [0, 0.05) is 49.6 Å². The van der Waals surface area contributed by atoms with Crippen molar-refractivity contribution >= 4 is 11.6 Å². The van der Waals surface area contributed by atoms with Gasteiger partial charge in [0.2, 0.25) is 0 Å². The van der Waals surface area contributed by atoms with Crippen molar-refractivity contribution in [2.45, 2.75) is 19.4 Å². The summed E-state index contributed by atoms with van der Waals surface area (Å²) in [6, 6.07) is 6.26. The van der Waals surface area contributed by atoms with Crippen LogP contribution in [0.15, 0.2) is 23.2 Å². The summed E-state index contributed by atoms with van der Waals surface area (Å²) in [5, 5.41) is 6.67. The van der Waals surface area contributed by atoms with Crippen LogP contribution in [0, 0.1) is 12.3 Å². The first-order valence-electron chi connectivity index (χ1n) is 8.16. The minimum Gasteiger partial charge on any atom is -0.497 e. The molecule has 24 heavy (non-hydrogen) atoms. The molecule has 1 aliphatic rings. The summed E-state index contributed by atoms with van der Waals surface area (Å²) >= 11 is 0. The number of anilines is 1. The van der Waals surface area contributed by atoms with Gasteiger partial charge >= 0.3 is 0 Å². The SMILES string of the molecule is C#CCN=C(NCC)NC1CCN(c2cc(OC)cc(OC)c2)C1. The average Bonchev–Trinajstić information content (AvgIpc) is 3.08. The summed E-state index contributed by atoms with van der Waals surface area (Å²) in [7, 11) is 3.33. The quantitative estimate of drug-likeness (QED) is 0.470. The number of methoxy groups -OCH3 is 2. The van der Waals surface area contributed by atoms with Gasteiger partial charge in [-0.2, -0.15) is 0 Å². The molecule has 6 heteroatoms. The van der Waals surface area contributed by atoms with E-state index >= 15 is 0 Å². The lowest BCUT2D eigenvalue weighted by Crippen LogP contribution is -2.44.